The highest BCUT2D eigenvalue weighted by atomic mass is 16.7. The zero-order chi connectivity index (χ0) is 12.1. The Morgan fingerprint density at radius 3 is 2.20 bits per heavy atom. The Bertz CT molecular complexity index is 204. The fraction of sp³-hybridized carbons (Fsp3) is 0.900. The van der Waals surface area contributed by atoms with Crippen molar-refractivity contribution >= 4 is 6.09 Å². The van der Waals surface area contributed by atoms with Crippen molar-refractivity contribution in [3.63, 3.8) is 0 Å². The molecule has 0 unspecified atom stereocenters. The Labute approximate surface area is 91.9 Å². The molecule has 1 N–H and O–H groups in total. The van der Waals surface area contributed by atoms with Gasteiger partial charge in [-0.25, -0.2) is 4.79 Å². The van der Waals surface area contributed by atoms with Gasteiger partial charge in [-0.3, -0.25) is 4.84 Å². The number of carbonyl (C=O) groups is 1. The second-order valence-corrected chi connectivity index (χ2v) is 5.47. The number of ether oxygens (including phenoxy) is 1. The predicted octanol–water partition coefficient (Wildman–Crippen LogP) is 1.15. The maximum atomic E-state index is 11.1. The fourth-order valence-electron chi connectivity index (χ4n) is 0.728. The van der Waals surface area contributed by atoms with Gasteiger partial charge in [0.15, 0.2) is 0 Å². The molecule has 0 bridgehead atoms. The van der Waals surface area contributed by atoms with Crippen molar-refractivity contribution in [2.45, 2.75) is 26.4 Å². The second kappa shape index (κ2) is 5.32. The van der Waals surface area contributed by atoms with Crippen molar-refractivity contribution in [2.75, 3.05) is 34.3 Å². The number of hydrogen-bond donors (Lipinski definition) is 1. The van der Waals surface area contributed by atoms with E-state index in [-0.39, 0.29) is 0 Å². The minimum Gasteiger partial charge on any atom is -0.442 e. The van der Waals surface area contributed by atoms with Crippen LogP contribution in [0.15, 0.2) is 0 Å². The van der Waals surface area contributed by atoms with Crippen LogP contribution in [0, 0.1) is 0 Å². The first-order chi connectivity index (χ1) is 6.60. The number of quaternary nitrogens is 1. The predicted molar refractivity (Wildman–Crippen MR) is 58.2 cm³/mol. The average molecular weight is 219 g/mol. The molecule has 5 nitrogen and oxygen atoms in total. The molecule has 0 radical (unpaired) electrons. The summed E-state index contributed by atoms with van der Waals surface area (Å²) in [5.41, 5.74) is 1.75. The molecule has 0 aromatic carbocycles. The molecule has 0 rings (SSSR count). The number of rotatable bonds is 4. The Morgan fingerprint density at radius 2 is 1.80 bits per heavy atom. The number of nitrogens with zero attached hydrogens (tertiary/aromatic N) is 1. The summed E-state index contributed by atoms with van der Waals surface area (Å²) in [7, 11) is 6.16. The van der Waals surface area contributed by atoms with E-state index in [2.05, 4.69) is 26.6 Å². The van der Waals surface area contributed by atoms with Crippen LogP contribution in [0.5, 0.6) is 0 Å². The molecule has 0 fully saturated rings. The Morgan fingerprint density at radius 1 is 1.27 bits per heavy atom. The number of likely N-dealkylation sites (N-methyl/N-ethyl adjacent to an activating group) is 1. The maximum absolute atomic E-state index is 11.1. The molecule has 90 valence electrons. The van der Waals surface area contributed by atoms with E-state index in [4.69, 9.17) is 9.57 Å². The first-order valence-corrected chi connectivity index (χ1v) is 5.01. The van der Waals surface area contributed by atoms with Crippen molar-refractivity contribution in [1.29, 1.82) is 0 Å². The average Bonchev–Trinajstić information content (AvgIpc) is 1.92. The molecule has 0 aliphatic rings. The molecule has 0 spiro atoms. The summed E-state index contributed by atoms with van der Waals surface area (Å²) in [6.07, 6.45) is -0.552. The minimum absolute atomic E-state index is 0.461. The van der Waals surface area contributed by atoms with Gasteiger partial charge in [-0.2, -0.15) is 5.48 Å². The van der Waals surface area contributed by atoms with Crippen molar-refractivity contribution in [2.24, 2.45) is 0 Å². The molecule has 0 aliphatic heterocycles. The quantitative estimate of drug-likeness (QED) is 0.438. The molecule has 5 heteroatoms. The summed E-state index contributed by atoms with van der Waals surface area (Å²) < 4.78 is 5.78. The van der Waals surface area contributed by atoms with E-state index in [1.165, 1.54) is 0 Å². The number of nitrogens with one attached hydrogen (secondary N) is 1. The largest absolute Gasteiger partial charge is 0.442 e. The van der Waals surface area contributed by atoms with Gasteiger partial charge < -0.3 is 9.22 Å². The van der Waals surface area contributed by atoms with Crippen LogP contribution in [-0.2, 0) is 9.57 Å². The zero-order valence-corrected chi connectivity index (χ0v) is 10.6. The summed E-state index contributed by atoms with van der Waals surface area (Å²) >= 11 is 0. The molecular formula is C10H23N2O3+. The molecule has 0 aromatic heterocycles. The van der Waals surface area contributed by atoms with E-state index < -0.39 is 11.7 Å². The number of amides is 1. The van der Waals surface area contributed by atoms with E-state index in [1.54, 1.807) is 20.8 Å². The van der Waals surface area contributed by atoms with E-state index in [1.807, 2.05) is 0 Å². The van der Waals surface area contributed by atoms with Gasteiger partial charge in [0.2, 0.25) is 0 Å². The minimum atomic E-state index is -0.552. The summed E-state index contributed by atoms with van der Waals surface area (Å²) in [6.45, 7) is 6.69. The third-order valence-electron chi connectivity index (χ3n) is 1.42. The summed E-state index contributed by atoms with van der Waals surface area (Å²) in [4.78, 5) is 16.1. The molecule has 0 aliphatic carbocycles. The van der Waals surface area contributed by atoms with Gasteiger partial charge in [-0.15, -0.1) is 0 Å². The van der Waals surface area contributed by atoms with Crippen LogP contribution in [0.2, 0.25) is 0 Å². The molecule has 0 saturated carbocycles. The van der Waals surface area contributed by atoms with Crippen molar-refractivity contribution in [1.82, 2.24) is 5.48 Å². The van der Waals surface area contributed by atoms with Crippen LogP contribution >= 0.6 is 0 Å². The van der Waals surface area contributed by atoms with Gasteiger partial charge >= 0.3 is 6.09 Å². The maximum Gasteiger partial charge on any atom is 0.431 e. The van der Waals surface area contributed by atoms with E-state index >= 15 is 0 Å². The topological polar surface area (TPSA) is 47.6 Å². The molecular weight excluding hydrogens is 196 g/mol. The van der Waals surface area contributed by atoms with Crippen LogP contribution in [0.1, 0.15) is 20.8 Å². The fourth-order valence-corrected chi connectivity index (χ4v) is 0.728. The molecule has 0 aromatic rings. The highest BCUT2D eigenvalue weighted by Crippen LogP contribution is 2.06. The van der Waals surface area contributed by atoms with Crippen LogP contribution < -0.4 is 5.48 Å². The van der Waals surface area contributed by atoms with Gasteiger partial charge in [0.05, 0.1) is 21.1 Å². The number of hydroxylamine groups is 1. The van der Waals surface area contributed by atoms with E-state index in [0.717, 1.165) is 11.0 Å². The van der Waals surface area contributed by atoms with Gasteiger partial charge in [0.25, 0.3) is 0 Å². The van der Waals surface area contributed by atoms with Crippen molar-refractivity contribution in [3.05, 3.63) is 0 Å². The molecule has 0 heterocycles. The van der Waals surface area contributed by atoms with Crippen molar-refractivity contribution in [3.8, 4) is 0 Å². The lowest BCUT2D eigenvalue weighted by Crippen LogP contribution is -2.40. The molecule has 1 amide bonds. The third kappa shape index (κ3) is 11.1. The van der Waals surface area contributed by atoms with Crippen LogP contribution in [-0.4, -0.2) is 50.5 Å². The second-order valence-electron chi connectivity index (χ2n) is 5.47. The molecule has 0 saturated heterocycles. The summed E-state index contributed by atoms with van der Waals surface area (Å²) in [6, 6.07) is 0. The number of hydrogen-bond acceptors (Lipinski definition) is 3. The first-order valence-electron chi connectivity index (χ1n) is 5.01. The van der Waals surface area contributed by atoms with Crippen molar-refractivity contribution < 1.29 is 18.9 Å². The summed E-state index contributed by atoms with van der Waals surface area (Å²) in [5, 5.41) is 0. The first kappa shape index (κ1) is 14.2. The lowest BCUT2D eigenvalue weighted by Gasteiger charge is -2.23. The van der Waals surface area contributed by atoms with Gasteiger partial charge in [0.1, 0.15) is 18.8 Å². The Kier molecular flexibility index (Phi) is 5.03. The van der Waals surface area contributed by atoms with Crippen LogP contribution in [0.25, 0.3) is 0 Å². The summed E-state index contributed by atoms with van der Waals surface area (Å²) in [5.74, 6) is 0. The smallest absolute Gasteiger partial charge is 0.431 e. The third-order valence-corrected chi connectivity index (χ3v) is 1.42. The van der Waals surface area contributed by atoms with E-state index in [0.29, 0.717) is 6.61 Å². The standard InChI is InChI=1S/C10H22N2O3/c1-10(2,3)15-9(13)11-14-8-7-12(4,5)6/h7-8H2,1-6H3/p+1. The molecule has 15 heavy (non-hydrogen) atoms. The van der Waals surface area contributed by atoms with Crippen LogP contribution in [0.3, 0.4) is 0 Å². The normalized spacial score (nSPS) is 12.4. The highest BCUT2D eigenvalue weighted by molar-refractivity contribution is 5.66. The highest BCUT2D eigenvalue weighted by Gasteiger charge is 2.16. The van der Waals surface area contributed by atoms with Crippen LogP contribution in [0.4, 0.5) is 4.79 Å². The SMILES string of the molecule is CC(C)(C)OC(=O)NOCC[N+](C)(C)C. The Hall–Kier alpha value is -0.810. The Balaban J connectivity index is 3.57. The lowest BCUT2D eigenvalue weighted by molar-refractivity contribution is -0.870. The molecule has 0 atom stereocenters. The lowest BCUT2D eigenvalue weighted by atomic mass is 10.2. The monoisotopic (exact) mass is 219 g/mol. The van der Waals surface area contributed by atoms with Gasteiger partial charge in [-0.1, -0.05) is 0 Å². The van der Waals surface area contributed by atoms with Gasteiger partial charge in [-0.05, 0) is 20.8 Å². The van der Waals surface area contributed by atoms with E-state index in [9.17, 15) is 4.79 Å². The number of carbonyl (C=O) groups excluding carboxylic acids is 1. The zero-order valence-electron chi connectivity index (χ0n) is 10.6. The van der Waals surface area contributed by atoms with Gasteiger partial charge in [0, 0.05) is 0 Å².